The van der Waals surface area contributed by atoms with Crippen molar-refractivity contribution < 1.29 is 4.39 Å². The first-order chi connectivity index (χ1) is 10.1. The lowest BCUT2D eigenvalue weighted by atomic mass is 9.96. The van der Waals surface area contributed by atoms with Crippen molar-refractivity contribution in [3.63, 3.8) is 0 Å². The third kappa shape index (κ3) is 4.62. The number of nitrogens with zero attached hydrogens (tertiary/aromatic N) is 1. The van der Waals surface area contributed by atoms with Crippen molar-refractivity contribution in [1.82, 2.24) is 0 Å². The molecule has 3 heteroatoms. The molecule has 1 N–H and O–H groups in total. The van der Waals surface area contributed by atoms with Gasteiger partial charge in [0.2, 0.25) is 0 Å². The van der Waals surface area contributed by atoms with E-state index in [9.17, 15) is 4.39 Å². The van der Waals surface area contributed by atoms with Crippen LogP contribution in [-0.2, 0) is 0 Å². The van der Waals surface area contributed by atoms with Crippen molar-refractivity contribution in [3.05, 3.63) is 24.0 Å². The maximum Gasteiger partial charge on any atom is 0.148 e. The summed E-state index contributed by atoms with van der Waals surface area (Å²) in [6, 6.07) is 6.34. The molecule has 2 rings (SSSR count). The van der Waals surface area contributed by atoms with E-state index in [1.165, 1.54) is 44.9 Å². The molecule has 0 aliphatic heterocycles. The van der Waals surface area contributed by atoms with E-state index in [1.807, 2.05) is 24.1 Å². The fraction of sp³-hybridized carbons (Fsp3) is 0.667. The average molecular weight is 292 g/mol. The largest absolute Gasteiger partial charge is 0.382 e. The fourth-order valence-corrected chi connectivity index (χ4v) is 3.00. The Morgan fingerprint density at radius 1 is 1.10 bits per heavy atom. The monoisotopic (exact) mass is 292 g/mol. The second-order valence-electron chi connectivity index (χ2n) is 6.56. The lowest BCUT2D eigenvalue weighted by Crippen LogP contribution is -2.26. The van der Waals surface area contributed by atoms with E-state index in [0.717, 1.165) is 5.69 Å². The van der Waals surface area contributed by atoms with Crippen LogP contribution in [0.3, 0.4) is 0 Å². The highest BCUT2D eigenvalue weighted by molar-refractivity contribution is 5.56. The number of halogens is 1. The molecule has 1 aliphatic carbocycles. The highest BCUT2D eigenvalue weighted by Crippen LogP contribution is 2.26. The molecule has 1 saturated carbocycles. The first-order valence-electron chi connectivity index (χ1n) is 8.37. The second kappa shape index (κ2) is 7.67. The number of hydrogen-bond donors (Lipinski definition) is 1. The van der Waals surface area contributed by atoms with Gasteiger partial charge in [-0.15, -0.1) is 0 Å². The minimum atomic E-state index is -0.137. The molecule has 1 aliphatic rings. The summed E-state index contributed by atoms with van der Waals surface area (Å²) in [5.41, 5.74) is 1.59. The number of hydrogen-bond acceptors (Lipinski definition) is 2. The molecular formula is C18H29FN2. The van der Waals surface area contributed by atoms with Gasteiger partial charge in [-0.3, -0.25) is 0 Å². The van der Waals surface area contributed by atoms with Crippen LogP contribution in [-0.4, -0.2) is 19.1 Å². The Bertz CT molecular complexity index is 437. The molecule has 0 amide bonds. The van der Waals surface area contributed by atoms with Gasteiger partial charge >= 0.3 is 0 Å². The number of nitrogens with one attached hydrogen (secondary N) is 1. The standard InChI is InChI=1S/C18H29FN2/c1-14(2)21(3)18-12-11-16(13-17(18)19)20-15-9-7-5-4-6-8-10-15/h11-15,20H,4-10H2,1-3H3. The van der Waals surface area contributed by atoms with Crippen LogP contribution < -0.4 is 10.2 Å². The Kier molecular flexibility index (Phi) is 5.89. The molecule has 1 aromatic carbocycles. The third-order valence-corrected chi connectivity index (χ3v) is 4.58. The fourth-order valence-electron chi connectivity index (χ4n) is 3.00. The molecule has 0 atom stereocenters. The smallest absolute Gasteiger partial charge is 0.148 e. The van der Waals surface area contributed by atoms with E-state index in [0.29, 0.717) is 17.8 Å². The summed E-state index contributed by atoms with van der Waals surface area (Å²) < 4.78 is 14.3. The molecule has 0 heterocycles. The molecular weight excluding hydrogens is 263 g/mol. The van der Waals surface area contributed by atoms with E-state index in [4.69, 9.17) is 0 Å². The van der Waals surface area contributed by atoms with Crippen LogP contribution in [0, 0.1) is 5.82 Å². The molecule has 21 heavy (non-hydrogen) atoms. The van der Waals surface area contributed by atoms with Gasteiger partial charge in [0.15, 0.2) is 0 Å². The van der Waals surface area contributed by atoms with Crippen LogP contribution in [0.4, 0.5) is 15.8 Å². The van der Waals surface area contributed by atoms with E-state index >= 15 is 0 Å². The maximum atomic E-state index is 14.3. The minimum absolute atomic E-state index is 0.137. The predicted octanol–water partition coefficient (Wildman–Crippen LogP) is 5.20. The second-order valence-corrected chi connectivity index (χ2v) is 6.56. The Hall–Kier alpha value is -1.25. The maximum absolute atomic E-state index is 14.3. The van der Waals surface area contributed by atoms with Crippen molar-refractivity contribution in [3.8, 4) is 0 Å². The zero-order valence-corrected chi connectivity index (χ0v) is 13.7. The predicted molar refractivity (Wildman–Crippen MR) is 89.7 cm³/mol. The van der Waals surface area contributed by atoms with Crippen molar-refractivity contribution in [1.29, 1.82) is 0 Å². The number of rotatable bonds is 4. The van der Waals surface area contributed by atoms with Crippen LogP contribution in [0.5, 0.6) is 0 Å². The van der Waals surface area contributed by atoms with Gasteiger partial charge in [0, 0.05) is 24.8 Å². The Morgan fingerprint density at radius 2 is 1.71 bits per heavy atom. The third-order valence-electron chi connectivity index (χ3n) is 4.58. The van der Waals surface area contributed by atoms with E-state index in [-0.39, 0.29) is 5.82 Å². The van der Waals surface area contributed by atoms with Crippen molar-refractivity contribution >= 4 is 11.4 Å². The normalized spacial score (nSPS) is 17.4. The number of benzene rings is 1. The highest BCUT2D eigenvalue weighted by atomic mass is 19.1. The first kappa shape index (κ1) is 16.1. The van der Waals surface area contributed by atoms with E-state index in [2.05, 4.69) is 19.2 Å². The van der Waals surface area contributed by atoms with E-state index < -0.39 is 0 Å². The van der Waals surface area contributed by atoms with Crippen LogP contribution in [0.2, 0.25) is 0 Å². The quantitative estimate of drug-likeness (QED) is 0.821. The van der Waals surface area contributed by atoms with Crippen LogP contribution >= 0.6 is 0 Å². The molecule has 118 valence electrons. The van der Waals surface area contributed by atoms with Gasteiger partial charge in [-0.1, -0.05) is 32.1 Å². The van der Waals surface area contributed by atoms with Crippen LogP contribution in [0.15, 0.2) is 18.2 Å². The summed E-state index contributed by atoms with van der Waals surface area (Å²) in [6.45, 7) is 4.14. The van der Waals surface area contributed by atoms with Gasteiger partial charge in [0.05, 0.1) is 5.69 Å². The average Bonchev–Trinajstić information content (AvgIpc) is 2.41. The molecule has 0 aromatic heterocycles. The molecule has 2 nitrogen and oxygen atoms in total. The zero-order valence-electron chi connectivity index (χ0n) is 13.7. The molecule has 0 unspecified atom stereocenters. The van der Waals surface area contributed by atoms with Gasteiger partial charge in [-0.25, -0.2) is 4.39 Å². The van der Waals surface area contributed by atoms with E-state index in [1.54, 1.807) is 6.07 Å². The van der Waals surface area contributed by atoms with Crippen LogP contribution in [0.25, 0.3) is 0 Å². The van der Waals surface area contributed by atoms with Gasteiger partial charge in [-0.2, -0.15) is 0 Å². The Balaban J connectivity index is 2.02. The molecule has 0 saturated heterocycles. The van der Waals surface area contributed by atoms with Gasteiger partial charge < -0.3 is 10.2 Å². The molecule has 0 spiro atoms. The highest BCUT2D eigenvalue weighted by Gasteiger charge is 2.14. The molecule has 0 bridgehead atoms. The Morgan fingerprint density at radius 3 is 2.29 bits per heavy atom. The summed E-state index contributed by atoms with van der Waals surface area (Å²) in [5.74, 6) is -0.137. The van der Waals surface area contributed by atoms with Gasteiger partial charge in [0.25, 0.3) is 0 Å². The summed E-state index contributed by atoms with van der Waals surface area (Å²) in [5, 5.41) is 3.53. The van der Waals surface area contributed by atoms with Crippen molar-refractivity contribution in [2.45, 2.75) is 70.9 Å². The SMILES string of the molecule is CC(C)N(C)c1ccc(NC2CCCCCCC2)cc1F. The molecule has 0 radical (unpaired) electrons. The summed E-state index contributed by atoms with van der Waals surface area (Å²) in [4.78, 5) is 1.97. The lowest BCUT2D eigenvalue weighted by Gasteiger charge is -2.26. The van der Waals surface area contributed by atoms with Gasteiger partial charge in [0.1, 0.15) is 5.82 Å². The van der Waals surface area contributed by atoms with Crippen molar-refractivity contribution in [2.75, 3.05) is 17.3 Å². The minimum Gasteiger partial charge on any atom is -0.382 e. The summed E-state index contributed by atoms with van der Waals surface area (Å²) in [7, 11) is 1.94. The molecule has 1 aromatic rings. The number of anilines is 2. The lowest BCUT2D eigenvalue weighted by molar-refractivity contribution is 0.471. The topological polar surface area (TPSA) is 15.3 Å². The van der Waals surface area contributed by atoms with Gasteiger partial charge in [-0.05, 0) is 44.9 Å². The summed E-state index contributed by atoms with van der Waals surface area (Å²) >= 11 is 0. The first-order valence-corrected chi connectivity index (χ1v) is 8.37. The zero-order chi connectivity index (χ0) is 15.2. The summed E-state index contributed by atoms with van der Waals surface area (Å²) in [6.07, 6.45) is 9.03. The van der Waals surface area contributed by atoms with Crippen molar-refractivity contribution in [2.24, 2.45) is 0 Å². The Labute approximate surface area is 128 Å². The molecule has 1 fully saturated rings. The van der Waals surface area contributed by atoms with Crippen LogP contribution in [0.1, 0.15) is 58.8 Å².